The van der Waals surface area contributed by atoms with Crippen molar-refractivity contribution < 1.29 is 4.74 Å². The quantitative estimate of drug-likeness (QED) is 0.904. The molecule has 0 amide bonds. The first-order valence-corrected chi connectivity index (χ1v) is 9.50. The summed E-state index contributed by atoms with van der Waals surface area (Å²) in [6, 6.07) is 1.44. The van der Waals surface area contributed by atoms with Crippen molar-refractivity contribution >= 4 is 21.4 Å². The molecule has 4 rings (SSSR count). The van der Waals surface area contributed by atoms with Gasteiger partial charge in [-0.05, 0) is 12.8 Å². The van der Waals surface area contributed by atoms with E-state index in [1.807, 2.05) is 0 Å². The standard InChI is InChI=1S/C16H23N5O2S/c22-13-4-7-17-15-21(13)19-14(24-15)18-12-16(5-2-1-3-6-16)20-8-10-23-11-9-20/h4,7H,1-3,5-6,8-12H2,(H,18,19). The summed E-state index contributed by atoms with van der Waals surface area (Å²) in [5, 5.41) is 8.64. The molecule has 2 aromatic heterocycles. The molecule has 0 spiro atoms. The number of anilines is 1. The van der Waals surface area contributed by atoms with Crippen LogP contribution in [0, 0.1) is 0 Å². The third-order valence-electron chi connectivity index (χ3n) is 5.21. The molecule has 1 saturated carbocycles. The van der Waals surface area contributed by atoms with Crippen LogP contribution in [-0.4, -0.2) is 57.9 Å². The minimum Gasteiger partial charge on any atom is -0.379 e. The zero-order valence-electron chi connectivity index (χ0n) is 13.7. The van der Waals surface area contributed by atoms with E-state index in [9.17, 15) is 4.79 Å². The van der Waals surface area contributed by atoms with Gasteiger partial charge >= 0.3 is 0 Å². The molecule has 8 heteroatoms. The maximum Gasteiger partial charge on any atom is 0.275 e. The molecule has 0 atom stereocenters. The van der Waals surface area contributed by atoms with E-state index in [1.54, 1.807) is 0 Å². The third-order valence-corrected chi connectivity index (χ3v) is 6.09. The van der Waals surface area contributed by atoms with Crippen molar-refractivity contribution in [3.8, 4) is 0 Å². The second kappa shape index (κ2) is 6.78. The van der Waals surface area contributed by atoms with Gasteiger partial charge in [0.25, 0.3) is 5.56 Å². The van der Waals surface area contributed by atoms with E-state index in [4.69, 9.17) is 4.74 Å². The third kappa shape index (κ3) is 3.05. The summed E-state index contributed by atoms with van der Waals surface area (Å²) in [7, 11) is 0. The average molecular weight is 349 g/mol. The molecule has 0 aromatic carbocycles. The van der Waals surface area contributed by atoms with Gasteiger partial charge in [0.05, 0.1) is 13.2 Å². The molecule has 0 unspecified atom stereocenters. The first-order chi connectivity index (χ1) is 11.8. The van der Waals surface area contributed by atoms with Crippen LogP contribution in [0.4, 0.5) is 5.13 Å². The van der Waals surface area contributed by atoms with Crippen molar-refractivity contribution in [1.29, 1.82) is 0 Å². The predicted molar refractivity (Wildman–Crippen MR) is 93.8 cm³/mol. The van der Waals surface area contributed by atoms with E-state index >= 15 is 0 Å². The minimum absolute atomic E-state index is 0.134. The molecule has 7 nitrogen and oxygen atoms in total. The van der Waals surface area contributed by atoms with Gasteiger partial charge in [-0.25, -0.2) is 4.98 Å². The summed E-state index contributed by atoms with van der Waals surface area (Å²) in [6.45, 7) is 4.51. The fourth-order valence-corrected chi connectivity index (χ4v) is 4.68. The topological polar surface area (TPSA) is 71.8 Å². The van der Waals surface area contributed by atoms with E-state index < -0.39 is 0 Å². The van der Waals surface area contributed by atoms with Crippen molar-refractivity contribution in [2.45, 2.75) is 37.6 Å². The van der Waals surface area contributed by atoms with Gasteiger partial charge < -0.3 is 10.1 Å². The van der Waals surface area contributed by atoms with Gasteiger partial charge in [-0.15, -0.1) is 5.10 Å². The summed E-state index contributed by atoms with van der Waals surface area (Å²) in [5.74, 6) is 0. The molecule has 1 aliphatic carbocycles. The number of morpholine rings is 1. The minimum atomic E-state index is -0.134. The lowest BCUT2D eigenvalue weighted by Crippen LogP contribution is -2.57. The maximum absolute atomic E-state index is 11.8. The van der Waals surface area contributed by atoms with Crippen LogP contribution in [0.3, 0.4) is 0 Å². The molecule has 2 aliphatic rings. The number of aromatic nitrogens is 3. The van der Waals surface area contributed by atoms with Gasteiger partial charge in [0.1, 0.15) is 0 Å². The Bertz CT molecular complexity index is 746. The fourth-order valence-electron chi connectivity index (χ4n) is 3.91. The van der Waals surface area contributed by atoms with Crippen molar-refractivity contribution in [2.75, 3.05) is 38.2 Å². The van der Waals surface area contributed by atoms with Gasteiger partial charge in [-0.3, -0.25) is 9.69 Å². The molecular formula is C16H23N5O2S. The lowest BCUT2D eigenvalue weighted by Gasteiger charge is -2.48. The van der Waals surface area contributed by atoms with Crippen molar-refractivity contribution in [2.24, 2.45) is 0 Å². The van der Waals surface area contributed by atoms with Crippen LogP contribution in [0.15, 0.2) is 17.1 Å². The largest absolute Gasteiger partial charge is 0.379 e. The molecule has 24 heavy (non-hydrogen) atoms. The van der Waals surface area contributed by atoms with E-state index in [-0.39, 0.29) is 11.1 Å². The number of hydrogen-bond donors (Lipinski definition) is 1. The summed E-state index contributed by atoms with van der Waals surface area (Å²) in [5.41, 5.74) is 0.0445. The molecule has 3 heterocycles. The Morgan fingerprint density at radius 3 is 2.79 bits per heavy atom. The normalized spacial score (nSPS) is 21.8. The maximum atomic E-state index is 11.8. The molecule has 1 N–H and O–H groups in total. The number of fused-ring (bicyclic) bond motifs is 1. The van der Waals surface area contributed by atoms with Crippen molar-refractivity contribution in [3.05, 3.63) is 22.6 Å². The molecule has 130 valence electrons. The molecule has 0 bridgehead atoms. The predicted octanol–water partition coefficient (Wildman–Crippen LogP) is 1.60. The van der Waals surface area contributed by atoms with Crippen LogP contribution >= 0.6 is 11.3 Å². The molecule has 1 saturated heterocycles. The van der Waals surface area contributed by atoms with Gasteiger partial charge in [-0.2, -0.15) is 4.52 Å². The van der Waals surface area contributed by atoms with Crippen molar-refractivity contribution in [1.82, 2.24) is 19.5 Å². The highest BCUT2D eigenvalue weighted by Crippen LogP contribution is 2.34. The zero-order chi connectivity index (χ0) is 16.4. The second-order valence-electron chi connectivity index (χ2n) is 6.62. The first-order valence-electron chi connectivity index (χ1n) is 8.68. The number of ether oxygens (including phenoxy) is 1. The monoisotopic (exact) mass is 349 g/mol. The van der Waals surface area contributed by atoms with Crippen LogP contribution in [0.2, 0.25) is 0 Å². The van der Waals surface area contributed by atoms with Crippen molar-refractivity contribution in [3.63, 3.8) is 0 Å². The van der Waals surface area contributed by atoms with E-state index in [2.05, 4.69) is 20.3 Å². The van der Waals surface area contributed by atoms with Gasteiger partial charge in [0.15, 0.2) is 0 Å². The highest BCUT2D eigenvalue weighted by atomic mass is 32.1. The van der Waals surface area contributed by atoms with Gasteiger partial charge in [-0.1, -0.05) is 30.6 Å². The molecule has 2 aromatic rings. The Labute approximate surface area is 144 Å². The smallest absolute Gasteiger partial charge is 0.275 e. The Morgan fingerprint density at radius 2 is 2.04 bits per heavy atom. The van der Waals surface area contributed by atoms with E-state index in [0.717, 1.165) is 38.0 Å². The zero-order valence-corrected chi connectivity index (χ0v) is 14.6. The van der Waals surface area contributed by atoms with E-state index in [0.29, 0.717) is 4.96 Å². The molecule has 2 fully saturated rings. The number of nitrogens with one attached hydrogen (secondary N) is 1. The first kappa shape index (κ1) is 16.0. The fraction of sp³-hybridized carbons (Fsp3) is 0.688. The summed E-state index contributed by atoms with van der Waals surface area (Å²) in [6.07, 6.45) is 7.84. The van der Waals surface area contributed by atoms with Crippen LogP contribution < -0.4 is 10.9 Å². The number of hydrogen-bond acceptors (Lipinski definition) is 7. The summed E-state index contributed by atoms with van der Waals surface area (Å²) >= 11 is 1.43. The van der Waals surface area contributed by atoms with Gasteiger partial charge in [0, 0.05) is 37.4 Å². The lowest BCUT2D eigenvalue weighted by atomic mass is 9.80. The summed E-state index contributed by atoms with van der Waals surface area (Å²) < 4.78 is 6.90. The van der Waals surface area contributed by atoms with Gasteiger partial charge in [0.2, 0.25) is 10.1 Å². The van der Waals surface area contributed by atoms with Crippen LogP contribution in [-0.2, 0) is 4.74 Å². The molecule has 0 radical (unpaired) electrons. The number of rotatable bonds is 4. The Morgan fingerprint density at radius 1 is 1.25 bits per heavy atom. The molecule has 1 aliphatic heterocycles. The Hall–Kier alpha value is -1.51. The van der Waals surface area contributed by atoms with Crippen LogP contribution in [0.25, 0.3) is 4.96 Å². The summed E-state index contributed by atoms with van der Waals surface area (Å²) in [4.78, 5) is 19.3. The van der Waals surface area contributed by atoms with Crippen LogP contribution in [0.1, 0.15) is 32.1 Å². The molecular weight excluding hydrogens is 326 g/mol. The Kier molecular flexibility index (Phi) is 4.51. The second-order valence-corrected chi connectivity index (χ2v) is 7.58. The lowest BCUT2D eigenvalue weighted by molar-refractivity contribution is -0.0318. The van der Waals surface area contributed by atoms with E-state index in [1.165, 1.54) is 60.2 Å². The SMILES string of the molecule is O=c1ccnc2sc(NCC3(N4CCOCC4)CCCCC3)nn12. The number of nitrogens with zero attached hydrogens (tertiary/aromatic N) is 4. The highest BCUT2D eigenvalue weighted by molar-refractivity contribution is 7.20. The Balaban J connectivity index is 1.53. The average Bonchev–Trinajstić information content (AvgIpc) is 3.06. The highest BCUT2D eigenvalue weighted by Gasteiger charge is 2.38. The van der Waals surface area contributed by atoms with Crippen LogP contribution in [0.5, 0.6) is 0 Å².